The topological polar surface area (TPSA) is 20.2 Å². The summed E-state index contributed by atoms with van der Waals surface area (Å²) in [6, 6.07) is 8.54. The van der Waals surface area contributed by atoms with E-state index in [1.165, 1.54) is 12.0 Å². The van der Waals surface area contributed by atoms with Crippen molar-refractivity contribution < 1.29 is 5.11 Å². The van der Waals surface area contributed by atoms with Crippen molar-refractivity contribution >= 4 is 0 Å². The molecule has 1 nitrogen and oxygen atoms in total. The summed E-state index contributed by atoms with van der Waals surface area (Å²) in [6.45, 7) is 6.58. The quantitative estimate of drug-likeness (QED) is 0.694. The Hall–Kier alpha value is -0.820. The first kappa shape index (κ1) is 15.2. The van der Waals surface area contributed by atoms with Crippen LogP contribution < -0.4 is 0 Å². The molecule has 18 heavy (non-hydrogen) atoms. The molecule has 1 unspecified atom stereocenters. The van der Waals surface area contributed by atoms with Crippen LogP contribution in [0.4, 0.5) is 0 Å². The Morgan fingerprint density at radius 1 is 0.889 bits per heavy atom. The molecule has 1 aromatic carbocycles. The highest BCUT2D eigenvalue weighted by molar-refractivity contribution is 5.24. The average Bonchev–Trinajstić information content (AvgIpc) is 2.39. The van der Waals surface area contributed by atoms with Gasteiger partial charge in [0.15, 0.2) is 0 Å². The van der Waals surface area contributed by atoms with E-state index in [1.807, 2.05) is 0 Å². The Labute approximate surface area is 112 Å². The van der Waals surface area contributed by atoms with Crippen LogP contribution in [0.5, 0.6) is 0 Å². The molecule has 1 rings (SSSR count). The van der Waals surface area contributed by atoms with Crippen molar-refractivity contribution in [2.45, 2.75) is 65.4 Å². The van der Waals surface area contributed by atoms with Crippen molar-refractivity contribution in [1.29, 1.82) is 0 Å². The van der Waals surface area contributed by atoms with Gasteiger partial charge in [0.05, 0.1) is 6.10 Å². The third kappa shape index (κ3) is 4.45. The van der Waals surface area contributed by atoms with E-state index in [1.54, 1.807) is 0 Å². The zero-order chi connectivity index (χ0) is 13.4. The van der Waals surface area contributed by atoms with E-state index in [4.69, 9.17) is 0 Å². The van der Waals surface area contributed by atoms with Gasteiger partial charge in [-0.2, -0.15) is 0 Å². The molecule has 0 heterocycles. The molecule has 0 aliphatic carbocycles. The van der Waals surface area contributed by atoms with Crippen molar-refractivity contribution in [2.24, 2.45) is 5.92 Å². The molecule has 0 fully saturated rings. The Bertz CT molecular complexity index is 309. The van der Waals surface area contributed by atoms with Gasteiger partial charge in [-0.25, -0.2) is 0 Å². The maximum absolute atomic E-state index is 10.5. The van der Waals surface area contributed by atoms with Gasteiger partial charge in [0.25, 0.3) is 0 Å². The predicted octanol–water partition coefficient (Wildman–Crippen LogP) is 4.89. The van der Waals surface area contributed by atoms with Crippen LogP contribution in [0, 0.1) is 5.92 Å². The molecule has 0 bridgehead atoms. The molecule has 102 valence electrons. The number of rotatable bonds is 8. The van der Waals surface area contributed by atoms with Crippen LogP contribution in [0.15, 0.2) is 24.3 Å². The van der Waals surface area contributed by atoms with Gasteiger partial charge in [0.2, 0.25) is 0 Å². The molecule has 1 N–H and O–H groups in total. The molecular formula is C17H28O. The van der Waals surface area contributed by atoms with Crippen LogP contribution in [-0.4, -0.2) is 5.11 Å². The molecule has 1 heteroatoms. The molecule has 0 aliphatic rings. The number of hydrogen-bond acceptors (Lipinski definition) is 1. The highest BCUT2D eigenvalue weighted by Crippen LogP contribution is 2.29. The predicted molar refractivity (Wildman–Crippen MR) is 78.7 cm³/mol. The van der Waals surface area contributed by atoms with Crippen LogP contribution in [0.3, 0.4) is 0 Å². The minimum Gasteiger partial charge on any atom is -0.388 e. The Morgan fingerprint density at radius 3 is 1.89 bits per heavy atom. The summed E-state index contributed by atoms with van der Waals surface area (Å²) in [5, 5.41) is 10.5. The van der Waals surface area contributed by atoms with E-state index in [-0.39, 0.29) is 6.10 Å². The normalized spacial score (nSPS) is 12.9. The monoisotopic (exact) mass is 248 g/mol. The van der Waals surface area contributed by atoms with Crippen molar-refractivity contribution in [3.63, 3.8) is 0 Å². The van der Waals surface area contributed by atoms with Crippen LogP contribution in [0.25, 0.3) is 0 Å². The summed E-state index contributed by atoms with van der Waals surface area (Å²) in [5.74, 6) is 0.414. The van der Waals surface area contributed by atoms with Crippen LogP contribution >= 0.6 is 0 Å². The summed E-state index contributed by atoms with van der Waals surface area (Å²) in [4.78, 5) is 0. The van der Waals surface area contributed by atoms with Gasteiger partial charge < -0.3 is 5.11 Å². The molecule has 0 saturated carbocycles. The third-order valence-corrected chi connectivity index (χ3v) is 3.63. The van der Waals surface area contributed by atoms with Gasteiger partial charge in [-0.15, -0.1) is 0 Å². The molecular weight excluding hydrogens is 220 g/mol. The van der Waals surface area contributed by atoms with Gasteiger partial charge >= 0.3 is 0 Å². The van der Waals surface area contributed by atoms with Crippen LogP contribution in [0.1, 0.15) is 70.1 Å². The highest BCUT2D eigenvalue weighted by atomic mass is 16.3. The van der Waals surface area contributed by atoms with Crippen molar-refractivity contribution in [3.8, 4) is 0 Å². The smallest absolute Gasteiger partial charge is 0.0818 e. The van der Waals surface area contributed by atoms with E-state index < -0.39 is 0 Å². The minimum absolute atomic E-state index is 0.291. The van der Waals surface area contributed by atoms with Gasteiger partial charge in [-0.3, -0.25) is 0 Å². The number of aliphatic hydroxyl groups is 1. The van der Waals surface area contributed by atoms with Crippen LogP contribution in [-0.2, 0) is 6.42 Å². The second kappa shape index (κ2) is 8.31. The molecule has 0 amide bonds. The fraction of sp³-hybridized carbons (Fsp3) is 0.647. The zero-order valence-corrected chi connectivity index (χ0v) is 12.2. The first-order valence-electron chi connectivity index (χ1n) is 7.49. The van der Waals surface area contributed by atoms with Crippen LogP contribution in [0.2, 0.25) is 0 Å². The molecule has 0 aromatic heterocycles. The molecule has 1 atom stereocenters. The van der Waals surface area contributed by atoms with E-state index >= 15 is 0 Å². The van der Waals surface area contributed by atoms with Gasteiger partial charge in [-0.1, -0.05) is 64.3 Å². The van der Waals surface area contributed by atoms with Crippen molar-refractivity contribution in [2.75, 3.05) is 0 Å². The summed E-state index contributed by atoms with van der Waals surface area (Å²) < 4.78 is 0. The fourth-order valence-corrected chi connectivity index (χ4v) is 2.64. The average molecular weight is 248 g/mol. The first-order chi connectivity index (χ1) is 8.72. The lowest BCUT2D eigenvalue weighted by atomic mass is 9.88. The second-order valence-electron chi connectivity index (χ2n) is 5.27. The van der Waals surface area contributed by atoms with E-state index in [2.05, 4.69) is 45.0 Å². The number of benzene rings is 1. The molecule has 0 saturated heterocycles. The number of hydrogen-bond donors (Lipinski definition) is 1. The van der Waals surface area contributed by atoms with Gasteiger partial charge in [0, 0.05) is 0 Å². The summed E-state index contributed by atoms with van der Waals surface area (Å²) in [6.07, 6.45) is 6.54. The standard InChI is InChI=1S/C17H28O/c1-4-7-14-10-12-16(13-11-14)17(18)15(8-5-2)9-6-3/h10-13,15,17-18H,4-9H2,1-3H3. The van der Waals surface area contributed by atoms with Gasteiger partial charge in [-0.05, 0) is 36.3 Å². The lowest BCUT2D eigenvalue weighted by molar-refractivity contribution is 0.0964. The minimum atomic E-state index is -0.291. The molecule has 0 spiro atoms. The van der Waals surface area contributed by atoms with E-state index in [0.717, 1.165) is 37.7 Å². The first-order valence-corrected chi connectivity index (χ1v) is 7.49. The number of aryl methyl sites for hydroxylation is 1. The van der Waals surface area contributed by atoms with E-state index in [0.29, 0.717) is 5.92 Å². The molecule has 0 aliphatic heterocycles. The fourth-order valence-electron chi connectivity index (χ4n) is 2.64. The van der Waals surface area contributed by atoms with Crippen molar-refractivity contribution in [3.05, 3.63) is 35.4 Å². The Morgan fingerprint density at radius 2 is 1.44 bits per heavy atom. The molecule has 1 aromatic rings. The second-order valence-corrected chi connectivity index (χ2v) is 5.27. The Kier molecular flexibility index (Phi) is 7.04. The molecule has 0 radical (unpaired) electrons. The zero-order valence-electron chi connectivity index (χ0n) is 12.2. The highest BCUT2D eigenvalue weighted by Gasteiger charge is 2.19. The summed E-state index contributed by atoms with van der Waals surface area (Å²) in [5.41, 5.74) is 2.46. The number of aliphatic hydroxyl groups excluding tert-OH is 1. The largest absolute Gasteiger partial charge is 0.388 e. The summed E-state index contributed by atoms with van der Waals surface area (Å²) in [7, 11) is 0. The maximum Gasteiger partial charge on any atom is 0.0818 e. The van der Waals surface area contributed by atoms with Crippen molar-refractivity contribution in [1.82, 2.24) is 0 Å². The third-order valence-electron chi connectivity index (χ3n) is 3.63. The van der Waals surface area contributed by atoms with E-state index in [9.17, 15) is 5.11 Å². The summed E-state index contributed by atoms with van der Waals surface area (Å²) >= 11 is 0. The van der Waals surface area contributed by atoms with Gasteiger partial charge in [0.1, 0.15) is 0 Å². The lowest BCUT2D eigenvalue weighted by Gasteiger charge is -2.22. The maximum atomic E-state index is 10.5. The SMILES string of the molecule is CCCc1ccc(C(O)C(CCC)CCC)cc1. The Balaban J connectivity index is 2.70. The lowest BCUT2D eigenvalue weighted by Crippen LogP contribution is -2.12.